The van der Waals surface area contributed by atoms with E-state index in [2.05, 4.69) is 29.1 Å². The molecule has 0 unspecified atom stereocenters. The third-order valence-corrected chi connectivity index (χ3v) is 7.58. The lowest BCUT2D eigenvalue weighted by molar-refractivity contribution is 0.369. The van der Waals surface area contributed by atoms with Gasteiger partial charge in [0.15, 0.2) is 0 Å². The molecule has 4 rings (SSSR count). The van der Waals surface area contributed by atoms with Crippen LogP contribution in [0, 0.1) is 5.82 Å². The van der Waals surface area contributed by atoms with Gasteiger partial charge in [-0.05, 0) is 38.0 Å². The number of methoxy groups -OCH3 is 1. The van der Waals surface area contributed by atoms with Crippen LogP contribution in [-0.2, 0) is 12.0 Å². The lowest BCUT2D eigenvalue weighted by Crippen LogP contribution is -2.27. The van der Waals surface area contributed by atoms with Crippen LogP contribution >= 0.6 is 11.3 Å². The maximum Gasteiger partial charge on any atom is 0.217 e. The van der Waals surface area contributed by atoms with Crippen LogP contribution in [0.3, 0.4) is 0 Å². The minimum absolute atomic E-state index is 0.311. The molecule has 1 aromatic carbocycles. The van der Waals surface area contributed by atoms with Gasteiger partial charge in [0.2, 0.25) is 11.0 Å². The van der Waals surface area contributed by atoms with E-state index >= 15 is 0 Å². The maximum absolute atomic E-state index is 14.8. The van der Waals surface area contributed by atoms with Crippen LogP contribution in [-0.4, -0.2) is 46.2 Å². The van der Waals surface area contributed by atoms with Crippen molar-refractivity contribution in [3.05, 3.63) is 46.9 Å². The van der Waals surface area contributed by atoms with Crippen LogP contribution in [0.1, 0.15) is 44.2 Å². The van der Waals surface area contributed by atoms with E-state index in [1.54, 1.807) is 29.3 Å². The predicted molar refractivity (Wildman–Crippen MR) is 131 cm³/mol. The fourth-order valence-corrected chi connectivity index (χ4v) is 5.41. The number of rotatable bonds is 8. The highest BCUT2D eigenvalue weighted by molar-refractivity contribution is 7.15. The Balaban J connectivity index is 1.84. The van der Waals surface area contributed by atoms with E-state index in [1.807, 2.05) is 44.1 Å². The molecule has 0 bridgehead atoms. The second-order valence-corrected chi connectivity index (χ2v) is 9.13. The number of nitrogens with zero attached hydrogens (tertiary/aromatic N) is 6. The predicted octanol–water partition coefficient (Wildman–Crippen LogP) is 5.29. The molecule has 0 N–H and O–H groups in total. The van der Waals surface area contributed by atoms with Crippen molar-refractivity contribution in [2.24, 2.45) is 0 Å². The van der Waals surface area contributed by atoms with Crippen molar-refractivity contribution in [1.82, 2.24) is 25.0 Å². The summed E-state index contributed by atoms with van der Waals surface area (Å²) in [5.41, 5.74) is 2.66. The van der Waals surface area contributed by atoms with Crippen LogP contribution in [0.5, 0.6) is 5.88 Å². The Morgan fingerprint density at radius 1 is 1.12 bits per heavy atom. The number of aryl methyl sites for hydroxylation is 1. The molecular weight excluding hydrogens is 439 g/mol. The van der Waals surface area contributed by atoms with Crippen LogP contribution in [0.25, 0.3) is 22.2 Å². The number of halogens is 1. The van der Waals surface area contributed by atoms with Crippen LogP contribution in [0.4, 0.5) is 9.52 Å². The van der Waals surface area contributed by atoms with Crippen molar-refractivity contribution in [2.45, 2.75) is 45.6 Å². The van der Waals surface area contributed by atoms with Crippen molar-refractivity contribution in [3.63, 3.8) is 0 Å². The first-order valence-corrected chi connectivity index (χ1v) is 11.9. The minimum atomic E-state index is -0.376. The van der Waals surface area contributed by atoms with Gasteiger partial charge in [0.05, 0.1) is 35.3 Å². The number of hydrogen-bond donors (Lipinski definition) is 0. The summed E-state index contributed by atoms with van der Waals surface area (Å²) in [5.74, 6) is 0.205. The average Bonchev–Trinajstić information content (AvgIpc) is 3.48. The average molecular weight is 469 g/mol. The van der Waals surface area contributed by atoms with E-state index in [1.165, 1.54) is 6.07 Å². The molecule has 174 valence electrons. The number of benzene rings is 1. The molecule has 0 aliphatic carbocycles. The van der Waals surface area contributed by atoms with Gasteiger partial charge in [-0.25, -0.2) is 9.37 Å². The minimum Gasteiger partial charge on any atom is -0.481 e. The molecule has 0 radical (unpaired) electrons. The lowest BCUT2D eigenvalue weighted by atomic mass is 9.76. The third-order valence-electron chi connectivity index (χ3n) is 6.29. The van der Waals surface area contributed by atoms with E-state index in [4.69, 9.17) is 9.72 Å². The van der Waals surface area contributed by atoms with Gasteiger partial charge in [0, 0.05) is 31.8 Å². The second-order valence-electron chi connectivity index (χ2n) is 8.18. The van der Waals surface area contributed by atoms with Crippen molar-refractivity contribution in [1.29, 1.82) is 0 Å². The summed E-state index contributed by atoms with van der Waals surface area (Å²) in [7, 11) is 5.54. The highest BCUT2D eigenvalue weighted by Crippen LogP contribution is 2.45. The molecule has 33 heavy (non-hydrogen) atoms. The Morgan fingerprint density at radius 2 is 1.88 bits per heavy atom. The topological polar surface area (TPSA) is 69.0 Å². The molecule has 4 aromatic rings. The van der Waals surface area contributed by atoms with Gasteiger partial charge < -0.3 is 9.64 Å². The highest BCUT2D eigenvalue weighted by Gasteiger charge is 2.38. The van der Waals surface area contributed by atoms with Gasteiger partial charge in [0.1, 0.15) is 10.8 Å². The van der Waals surface area contributed by atoms with E-state index in [0.717, 1.165) is 34.1 Å². The second kappa shape index (κ2) is 9.05. The molecule has 7 nitrogen and oxygen atoms in total. The first-order chi connectivity index (χ1) is 15.9. The van der Waals surface area contributed by atoms with E-state index in [9.17, 15) is 4.39 Å². The SMILES string of the molecule is CCn1ncc2c(F)cc(-c3ccc(C(CC)(CC)c4nnc(N(C)C)s4)c(OC)n3)cc21. The molecule has 0 atom stereocenters. The molecule has 3 heterocycles. The lowest BCUT2D eigenvalue weighted by Gasteiger charge is -2.30. The third kappa shape index (κ3) is 3.84. The fourth-order valence-electron chi connectivity index (χ4n) is 4.29. The summed E-state index contributed by atoms with van der Waals surface area (Å²) in [6.45, 7) is 6.93. The summed E-state index contributed by atoms with van der Waals surface area (Å²) in [5, 5.41) is 15.5. The monoisotopic (exact) mass is 468 g/mol. The van der Waals surface area contributed by atoms with Gasteiger partial charge >= 0.3 is 0 Å². The van der Waals surface area contributed by atoms with Crippen molar-refractivity contribution in [2.75, 3.05) is 26.1 Å². The Kier molecular flexibility index (Phi) is 6.34. The van der Waals surface area contributed by atoms with Crippen molar-refractivity contribution in [3.8, 4) is 17.1 Å². The number of fused-ring (bicyclic) bond motifs is 1. The molecule has 3 aromatic heterocycles. The molecule has 0 amide bonds. The first kappa shape index (κ1) is 23.1. The molecule has 0 saturated carbocycles. The zero-order valence-corrected chi connectivity index (χ0v) is 20.7. The Hall–Kier alpha value is -3.07. The molecular formula is C24H29FN6OS. The summed E-state index contributed by atoms with van der Waals surface area (Å²) < 4.78 is 22.3. The zero-order valence-electron chi connectivity index (χ0n) is 19.9. The van der Waals surface area contributed by atoms with E-state index in [-0.39, 0.29) is 11.2 Å². The number of pyridine rings is 1. The first-order valence-electron chi connectivity index (χ1n) is 11.1. The van der Waals surface area contributed by atoms with E-state index < -0.39 is 0 Å². The molecule has 0 saturated heterocycles. The van der Waals surface area contributed by atoms with Gasteiger partial charge in [-0.15, -0.1) is 10.2 Å². The van der Waals surface area contributed by atoms with Gasteiger partial charge in [0.25, 0.3) is 0 Å². The maximum atomic E-state index is 14.8. The summed E-state index contributed by atoms with van der Waals surface area (Å²) in [4.78, 5) is 6.77. The smallest absolute Gasteiger partial charge is 0.217 e. The van der Waals surface area contributed by atoms with Gasteiger partial charge in [-0.3, -0.25) is 4.68 Å². The molecule has 0 aliphatic heterocycles. The molecule has 0 spiro atoms. The summed E-state index contributed by atoms with van der Waals surface area (Å²) >= 11 is 1.58. The largest absolute Gasteiger partial charge is 0.481 e. The summed E-state index contributed by atoms with van der Waals surface area (Å²) in [6.07, 6.45) is 3.20. The molecule has 0 fully saturated rings. The zero-order chi connectivity index (χ0) is 23.8. The van der Waals surface area contributed by atoms with Crippen LogP contribution in [0.2, 0.25) is 0 Å². The fraction of sp³-hybridized carbons (Fsp3) is 0.417. The normalized spacial score (nSPS) is 11.8. The molecule has 0 aliphatic rings. The number of aromatic nitrogens is 5. The van der Waals surface area contributed by atoms with Crippen molar-refractivity contribution < 1.29 is 9.13 Å². The highest BCUT2D eigenvalue weighted by atomic mass is 32.1. The van der Waals surface area contributed by atoms with Crippen molar-refractivity contribution >= 4 is 27.4 Å². The Bertz CT molecular complexity index is 1280. The van der Waals surface area contributed by atoms with E-state index in [0.29, 0.717) is 29.1 Å². The van der Waals surface area contributed by atoms with Gasteiger partial charge in [-0.1, -0.05) is 31.3 Å². The van der Waals surface area contributed by atoms with Gasteiger partial charge in [-0.2, -0.15) is 5.10 Å². The van der Waals surface area contributed by atoms with Crippen LogP contribution in [0.15, 0.2) is 30.5 Å². The summed E-state index contributed by atoms with van der Waals surface area (Å²) in [6, 6.07) is 7.40. The number of ether oxygens (including phenoxy) is 1. The standard InChI is InChI=1S/C24H29FN6OS/c1-7-24(8-2,22-28-29-23(33-22)30(4)5)17-10-11-19(27-21(17)32-6)15-12-18(25)16-14-26-31(9-3)20(16)13-15/h10-14H,7-9H2,1-6H3. The number of hydrogen-bond acceptors (Lipinski definition) is 7. The number of anilines is 1. The van der Waals surface area contributed by atoms with Crippen LogP contribution < -0.4 is 9.64 Å². The quantitative estimate of drug-likeness (QED) is 0.350. The molecule has 9 heteroatoms. The Morgan fingerprint density at radius 3 is 2.48 bits per heavy atom. The Labute approximate surface area is 197 Å².